The van der Waals surface area contributed by atoms with E-state index in [1.54, 1.807) is 30.0 Å². The Labute approximate surface area is 158 Å². The Kier molecular flexibility index (Phi) is 7.45. The van der Waals surface area contributed by atoms with Gasteiger partial charge in [-0.2, -0.15) is 0 Å². The lowest BCUT2D eigenvalue weighted by molar-refractivity contribution is -0.124. The van der Waals surface area contributed by atoms with E-state index in [4.69, 9.17) is 14.2 Å². The van der Waals surface area contributed by atoms with Crippen LogP contribution in [-0.2, 0) is 9.53 Å². The first-order chi connectivity index (χ1) is 12.9. The van der Waals surface area contributed by atoms with Gasteiger partial charge in [-0.3, -0.25) is 9.59 Å². The summed E-state index contributed by atoms with van der Waals surface area (Å²) in [7, 11) is 1.48. The normalized spacial score (nSPS) is 14.4. The van der Waals surface area contributed by atoms with Crippen LogP contribution in [0.2, 0.25) is 0 Å². The number of ketones is 1. The number of methoxy groups -OCH3 is 1. The highest BCUT2D eigenvalue weighted by Gasteiger charge is 2.24. The van der Waals surface area contributed by atoms with Crippen LogP contribution in [0.1, 0.15) is 37.0 Å². The van der Waals surface area contributed by atoms with Crippen molar-refractivity contribution in [2.45, 2.75) is 32.7 Å². The van der Waals surface area contributed by atoms with Crippen LogP contribution in [0.3, 0.4) is 0 Å². The first kappa shape index (κ1) is 20.5. The first-order valence-corrected chi connectivity index (χ1v) is 8.97. The fourth-order valence-electron chi connectivity index (χ4n) is 2.84. The molecule has 1 aromatic carbocycles. The molecule has 0 radical (unpaired) electrons. The van der Waals surface area contributed by atoms with Crippen molar-refractivity contribution in [1.29, 1.82) is 0 Å². The monoisotopic (exact) mass is 378 g/mol. The van der Waals surface area contributed by atoms with E-state index in [0.29, 0.717) is 49.6 Å². The van der Waals surface area contributed by atoms with Crippen molar-refractivity contribution in [3.05, 3.63) is 23.8 Å². The Morgan fingerprint density at radius 2 is 1.89 bits per heavy atom. The second-order valence-electron chi connectivity index (χ2n) is 6.24. The minimum Gasteiger partial charge on any atom is -0.493 e. The van der Waals surface area contributed by atoms with Gasteiger partial charge in [-0.05, 0) is 44.9 Å². The zero-order chi connectivity index (χ0) is 19.8. The fraction of sp³-hybridized carbons (Fsp3) is 0.526. The summed E-state index contributed by atoms with van der Waals surface area (Å²) in [6.45, 7) is 4.52. The summed E-state index contributed by atoms with van der Waals surface area (Å²) in [5.41, 5.74) is 0.511. The van der Waals surface area contributed by atoms with Gasteiger partial charge in [-0.25, -0.2) is 4.79 Å². The Morgan fingerprint density at radius 3 is 2.48 bits per heavy atom. The van der Waals surface area contributed by atoms with Gasteiger partial charge in [0.05, 0.1) is 13.7 Å². The summed E-state index contributed by atoms with van der Waals surface area (Å²) < 4.78 is 15.7. The number of nitrogens with one attached hydrogen (secondary N) is 1. The minimum atomic E-state index is -0.313. The van der Waals surface area contributed by atoms with Crippen molar-refractivity contribution in [3.8, 4) is 11.5 Å². The fourth-order valence-corrected chi connectivity index (χ4v) is 2.84. The van der Waals surface area contributed by atoms with Crippen LogP contribution in [0, 0.1) is 0 Å². The molecule has 27 heavy (non-hydrogen) atoms. The van der Waals surface area contributed by atoms with Crippen LogP contribution >= 0.6 is 0 Å². The van der Waals surface area contributed by atoms with E-state index in [-0.39, 0.29) is 30.4 Å². The number of nitrogens with zero attached hydrogens (tertiary/aromatic N) is 1. The van der Waals surface area contributed by atoms with E-state index in [9.17, 15) is 14.4 Å². The molecule has 0 atom stereocenters. The van der Waals surface area contributed by atoms with Gasteiger partial charge in [0.1, 0.15) is 0 Å². The molecule has 2 amide bonds. The molecule has 8 nitrogen and oxygen atoms in total. The molecule has 0 saturated carbocycles. The molecule has 0 bridgehead atoms. The van der Waals surface area contributed by atoms with Gasteiger partial charge in [0.15, 0.2) is 23.9 Å². The van der Waals surface area contributed by atoms with Crippen molar-refractivity contribution < 1.29 is 28.6 Å². The van der Waals surface area contributed by atoms with Crippen LogP contribution in [0.15, 0.2) is 18.2 Å². The molecule has 1 N–H and O–H groups in total. The predicted octanol–water partition coefficient (Wildman–Crippen LogP) is 2.01. The van der Waals surface area contributed by atoms with Crippen LogP contribution in [0.5, 0.6) is 11.5 Å². The third kappa shape index (κ3) is 5.87. The van der Waals surface area contributed by atoms with E-state index >= 15 is 0 Å². The summed E-state index contributed by atoms with van der Waals surface area (Å²) in [4.78, 5) is 36.9. The maximum atomic E-state index is 12.1. The molecule has 1 aliphatic rings. The molecule has 8 heteroatoms. The number of hydrogen-bond donors (Lipinski definition) is 1. The summed E-state index contributed by atoms with van der Waals surface area (Å²) in [5.74, 6) is 0.474. The molecule has 0 aliphatic carbocycles. The number of carbonyl (C=O) groups excluding carboxylic acids is 3. The number of ether oxygens (including phenoxy) is 3. The van der Waals surface area contributed by atoms with Gasteiger partial charge in [0.25, 0.3) is 5.91 Å². The quantitative estimate of drug-likeness (QED) is 0.730. The van der Waals surface area contributed by atoms with Crippen molar-refractivity contribution in [2.75, 3.05) is 33.4 Å². The average molecular weight is 378 g/mol. The smallest absolute Gasteiger partial charge is 0.409 e. The standard InChI is InChI=1S/C19H26N2O6/c1-4-26-19(24)21-9-7-15(8-10-21)20-18(23)12-27-16-6-5-14(13(2)22)11-17(16)25-3/h5-6,11,15H,4,7-10,12H2,1-3H3,(H,20,23). The summed E-state index contributed by atoms with van der Waals surface area (Å²) >= 11 is 0. The molecule has 2 rings (SSSR count). The van der Waals surface area contributed by atoms with Crippen molar-refractivity contribution in [2.24, 2.45) is 0 Å². The van der Waals surface area contributed by atoms with Crippen molar-refractivity contribution >= 4 is 17.8 Å². The topological polar surface area (TPSA) is 94.2 Å². The van der Waals surface area contributed by atoms with Gasteiger partial charge >= 0.3 is 6.09 Å². The molecule has 1 heterocycles. The molecule has 0 spiro atoms. The van der Waals surface area contributed by atoms with Crippen molar-refractivity contribution in [1.82, 2.24) is 10.2 Å². The van der Waals surface area contributed by atoms with Gasteiger partial charge in [-0.15, -0.1) is 0 Å². The van der Waals surface area contributed by atoms with E-state index < -0.39 is 0 Å². The van der Waals surface area contributed by atoms with Gasteiger partial charge in [0.2, 0.25) is 0 Å². The second-order valence-corrected chi connectivity index (χ2v) is 6.24. The third-order valence-electron chi connectivity index (χ3n) is 4.31. The maximum Gasteiger partial charge on any atom is 0.409 e. The molecule has 1 aliphatic heterocycles. The number of rotatable bonds is 7. The number of Topliss-reactive ketones (excluding diaryl/α,β-unsaturated/α-hetero) is 1. The highest BCUT2D eigenvalue weighted by molar-refractivity contribution is 5.94. The van der Waals surface area contributed by atoms with E-state index in [0.717, 1.165) is 0 Å². The zero-order valence-corrected chi connectivity index (χ0v) is 15.9. The predicted molar refractivity (Wildman–Crippen MR) is 98.3 cm³/mol. The number of hydrogen-bond acceptors (Lipinski definition) is 6. The second kappa shape index (κ2) is 9.80. The highest BCUT2D eigenvalue weighted by atomic mass is 16.6. The summed E-state index contributed by atoms with van der Waals surface area (Å²) in [6, 6.07) is 4.82. The lowest BCUT2D eigenvalue weighted by Crippen LogP contribution is -2.47. The molecule has 0 aromatic heterocycles. The van der Waals surface area contributed by atoms with E-state index in [1.807, 2.05) is 0 Å². The van der Waals surface area contributed by atoms with Crippen LogP contribution < -0.4 is 14.8 Å². The molecule has 0 unspecified atom stereocenters. The number of carbonyl (C=O) groups is 3. The van der Waals surface area contributed by atoms with Crippen LogP contribution in [0.4, 0.5) is 4.79 Å². The lowest BCUT2D eigenvalue weighted by atomic mass is 10.1. The summed E-state index contributed by atoms with van der Waals surface area (Å²) in [6.07, 6.45) is 1.02. The largest absolute Gasteiger partial charge is 0.493 e. The number of piperidine rings is 1. The number of likely N-dealkylation sites (tertiary alicyclic amines) is 1. The third-order valence-corrected chi connectivity index (χ3v) is 4.31. The van der Waals surface area contributed by atoms with Crippen LogP contribution in [0.25, 0.3) is 0 Å². The highest BCUT2D eigenvalue weighted by Crippen LogP contribution is 2.28. The molecule has 1 saturated heterocycles. The van der Waals surface area contributed by atoms with E-state index in [1.165, 1.54) is 14.0 Å². The SMILES string of the molecule is CCOC(=O)N1CCC(NC(=O)COc2ccc(C(C)=O)cc2OC)CC1. The molecule has 1 fully saturated rings. The number of benzene rings is 1. The summed E-state index contributed by atoms with van der Waals surface area (Å²) in [5, 5.41) is 2.91. The molecular weight excluding hydrogens is 352 g/mol. The Hall–Kier alpha value is -2.77. The Morgan fingerprint density at radius 1 is 1.19 bits per heavy atom. The first-order valence-electron chi connectivity index (χ1n) is 8.97. The minimum absolute atomic E-state index is 0.00578. The Balaban J connectivity index is 1.80. The average Bonchev–Trinajstić information content (AvgIpc) is 2.66. The molecule has 1 aromatic rings. The Bertz CT molecular complexity index is 683. The molecule has 148 valence electrons. The van der Waals surface area contributed by atoms with Gasteiger partial charge in [-0.1, -0.05) is 0 Å². The van der Waals surface area contributed by atoms with Gasteiger partial charge in [0, 0.05) is 24.7 Å². The maximum absolute atomic E-state index is 12.1. The van der Waals surface area contributed by atoms with Crippen LogP contribution in [-0.4, -0.2) is 62.1 Å². The number of amides is 2. The van der Waals surface area contributed by atoms with E-state index in [2.05, 4.69) is 5.32 Å². The lowest BCUT2D eigenvalue weighted by Gasteiger charge is -2.31. The molecular formula is C19H26N2O6. The van der Waals surface area contributed by atoms with Gasteiger partial charge < -0.3 is 24.4 Å². The van der Waals surface area contributed by atoms with Crippen molar-refractivity contribution in [3.63, 3.8) is 0 Å². The zero-order valence-electron chi connectivity index (χ0n) is 15.9.